The van der Waals surface area contributed by atoms with Crippen LogP contribution in [0, 0.1) is 0 Å². The first-order valence-electron chi connectivity index (χ1n) is 11.0. The number of para-hydroxylation sites is 1. The van der Waals surface area contributed by atoms with Gasteiger partial charge in [-0.1, -0.05) is 17.7 Å². The number of amides is 1. The Balaban J connectivity index is 1.85. The van der Waals surface area contributed by atoms with Crippen LogP contribution in [0.4, 0.5) is 11.4 Å². The molecule has 3 heterocycles. The number of nitrogens with one attached hydrogen (secondary N) is 3. The lowest BCUT2D eigenvalue weighted by Crippen LogP contribution is -2.39. The number of hydrogen-bond donors (Lipinski definition) is 3. The second-order valence-electron chi connectivity index (χ2n) is 8.88. The van der Waals surface area contributed by atoms with Crippen LogP contribution in [0.15, 0.2) is 36.7 Å². The monoisotopic (exact) mass is 484 g/mol. The number of aromatic nitrogens is 2. The molecule has 2 aromatic heterocycles. The molecule has 0 fully saturated rings. The first-order chi connectivity index (χ1) is 16.2. The number of anilines is 2. The van der Waals surface area contributed by atoms with Gasteiger partial charge in [-0.15, -0.1) is 0 Å². The summed E-state index contributed by atoms with van der Waals surface area (Å²) < 4.78 is 17.1. The number of hydrogen-bond acceptors (Lipinski definition) is 6. The van der Waals surface area contributed by atoms with Gasteiger partial charge in [-0.05, 0) is 39.0 Å². The van der Waals surface area contributed by atoms with Crippen LogP contribution in [-0.2, 0) is 11.2 Å². The summed E-state index contributed by atoms with van der Waals surface area (Å²) in [6.45, 7) is 6.19. The number of fused-ring (bicyclic) bond motifs is 1. The smallest absolute Gasteiger partial charge is 0.255 e. The van der Waals surface area contributed by atoms with Gasteiger partial charge in [0.25, 0.3) is 5.91 Å². The molecule has 0 unspecified atom stereocenters. The average Bonchev–Trinajstić information content (AvgIpc) is 3.16. The van der Waals surface area contributed by atoms with E-state index in [1.165, 1.54) is 0 Å². The highest BCUT2D eigenvalue weighted by atomic mass is 35.5. The summed E-state index contributed by atoms with van der Waals surface area (Å²) in [4.78, 5) is 20.8. The van der Waals surface area contributed by atoms with E-state index in [1.54, 1.807) is 32.7 Å². The maximum Gasteiger partial charge on any atom is 0.255 e. The summed E-state index contributed by atoms with van der Waals surface area (Å²) in [5.41, 5.74) is 3.64. The molecule has 4 rings (SSSR count). The molecule has 1 amide bonds. The van der Waals surface area contributed by atoms with Crippen LogP contribution in [0.25, 0.3) is 11.3 Å². The fraction of sp³-hybridized carbons (Fsp3) is 0.360. The van der Waals surface area contributed by atoms with Crippen molar-refractivity contribution >= 4 is 28.9 Å². The second kappa shape index (κ2) is 9.56. The summed E-state index contributed by atoms with van der Waals surface area (Å²) in [6.07, 6.45) is 4.02. The zero-order valence-electron chi connectivity index (χ0n) is 19.9. The summed E-state index contributed by atoms with van der Waals surface area (Å²) in [6, 6.07) is 7.29. The molecular formula is C25H29ClN4O4. The predicted octanol–water partition coefficient (Wildman–Crippen LogP) is 4.96. The molecule has 3 aromatic rings. The quantitative estimate of drug-likeness (QED) is 0.418. The van der Waals surface area contributed by atoms with Gasteiger partial charge in [0.1, 0.15) is 12.4 Å². The Morgan fingerprint density at radius 1 is 1.26 bits per heavy atom. The number of pyridine rings is 1. The van der Waals surface area contributed by atoms with E-state index in [9.17, 15) is 4.79 Å². The number of methoxy groups -OCH3 is 2. The number of aromatic amines is 1. The molecule has 0 aliphatic carbocycles. The SMILES string of the molecule is COc1c(Cl)cccc1Nc1c(-c2ccncc2OCC(C)(C)OC)[nH]c2c1C(=O)N[C@@H](C)C2. The van der Waals surface area contributed by atoms with Gasteiger partial charge < -0.3 is 29.8 Å². The molecule has 1 aliphatic rings. The van der Waals surface area contributed by atoms with Crippen molar-refractivity contribution in [3.63, 3.8) is 0 Å². The zero-order chi connectivity index (χ0) is 24.5. The van der Waals surface area contributed by atoms with Crippen LogP contribution in [0.5, 0.6) is 11.5 Å². The third kappa shape index (κ3) is 4.69. The van der Waals surface area contributed by atoms with Crippen LogP contribution in [0.3, 0.4) is 0 Å². The number of carbonyl (C=O) groups is 1. The zero-order valence-corrected chi connectivity index (χ0v) is 20.7. The number of nitrogens with zero attached hydrogens (tertiary/aromatic N) is 1. The summed E-state index contributed by atoms with van der Waals surface area (Å²) in [7, 11) is 3.20. The van der Waals surface area contributed by atoms with Crippen molar-refractivity contribution in [2.75, 3.05) is 26.1 Å². The highest BCUT2D eigenvalue weighted by Gasteiger charge is 2.31. The van der Waals surface area contributed by atoms with Crippen molar-refractivity contribution in [1.29, 1.82) is 0 Å². The molecule has 3 N–H and O–H groups in total. The molecule has 0 radical (unpaired) electrons. The number of carbonyl (C=O) groups excluding carboxylic acids is 1. The van der Waals surface area contributed by atoms with Crippen LogP contribution in [0.1, 0.15) is 36.8 Å². The van der Waals surface area contributed by atoms with E-state index >= 15 is 0 Å². The Bertz CT molecular complexity index is 1210. The van der Waals surface area contributed by atoms with Crippen molar-refractivity contribution in [1.82, 2.24) is 15.3 Å². The fourth-order valence-corrected chi connectivity index (χ4v) is 4.15. The van der Waals surface area contributed by atoms with E-state index in [0.717, 1.165) is 11.3 Å². The van der Waals surface area contributed by atoms with Gasteiger partial charge in [0.05, 0.1) is 46.6 Å². The van der Waals surface area contributed by atoms with Crippen LogP contribution >= 0.6 is 11.6 Å². The number of H-pyrrole nitrogens is 1. The lowest BCUT2D eigenvalue weighted by Gasteiger charge is -2.23. The first-order valence-corrected chi connectivity index (χ1v) is 11.4. The number of rotatable bonds is 8. The van der Waals surface area contributed by atoms with Gasteiger partial charge in [0, 0.05) is 37.0 Å². The molecule has 1 atom stereocenters. The van der Waals surface area contributed by atoms with E-state index in [0.29, 0.717) is 52.2 Å². The molecule has 8 nitrogen and oxygen atoms in total. The van der Waals surface area contributed by atoms with Gasteiger partial charge >= 0.3 is 0 Å². The van der Waals surface area contributed by atoms with Crippen molar-refractivity contribution in [2.24, 2.45) is 0 Å². The van der Waals surface area contributed by atoms with E-state index in [4.69, 9.17) is 25.8 Å². The second-order valence-corrected chi connectivity index (χ2v) is 9.28. The first kappa shape index (κ1) is 23.9. The Labute approximate surface area is 204 Å². The molecule has 0 spiro atoms. The van der Waals surface area contributed by atoms with Gasteiger partial charge in [-0.3, -0.25) is 9.78 Å². The molecule has 180 valence electrons. The highest BCUT2D eigenvalue weighted by molar-refractivity contribution is 6.32. The van der Waals surface area contributed by atoms with Gasteiger partial charge in [-0.2, -0.15) is 0 Å². The summed E-state index contributed by atoms with van der Waals surface area (Å²) in [5, 5.41) is 6.87. The lowest BCUT2D eigenvalue weighted by molar-refractivity contribution is -0.0146. The molecule has 1 aromatic carbocycles. The maximum absolute atomic E-state index is 13.1. The Morgan fingerprint density at radius 2 is 2.06 bits per heavy atom. The lowest BCUT2D eigenvalue weighted by atomic mass is 10.0. The van der Waals surface area contributed by atoms with Gasteiger partial charge in [0.2, 0.25) is 0 Å². The normalized spacial score (nSPS) is 15.5. The molecule has 0 bridgehead atoms. The number of halogens is 1. The van der Waals surface area contributed by atoms with E-state index in [-0.39, 0.29) is 11.9 Å². The molecule has 9 heteroatoms. The Morgan fingerprint density at radius 3 is 2.79 bits per heavy atom. The average molecular weight is 485 g/mol. The van der Waals surface area contributed by atoms with Crippen LogP contribution in [0.2, 0.25) is 5.02 Å². The van der Waals surface area contributed by atoms with Crippen molar-refractivity contribution in [3.8, 4) is 22.8 Å². The van der Waals surface area contributed by atoms with E-state index in [2.05, 4.69) is 20.6 Å². The minimum Gasteiger partial charge on any atom is -0.493 e. The Kier molecular flexibility index (Phi) is 6.72. The maximum atomic E-state index is 13.1. The third-order valence-electron chi connectivity index (χ3n) is 5.81. The number of benzene rings is 1. The number of ether oxygens (including phenoxy) is 3. The van der Waals surface area contributed by atoms with E-state index < -0.39 is 5.60 Å². The van der Waals surface area contributed by atoms with Crippen LogP contribution < -0.4 is 20.1 Å². The summed E-state index contributed by atoms with van der Waals surface area (Å²) >= 11 is 6.35. The minimum absolute atomic E-state index is 0.00992. The fourth-order valence-electron chi connectivity index (χ4n) is 3.90. The molecule has 34 heavy (non-hydrogen) atoms. The standard InChI is InChI=1S/C25H29ClN4O4/c1-14-11-18-20(24(31)28-14)22(29-17-8-6-7-16(26)23(17)32-4)21(30-18)15-9-10-27-12-19(15)34-13-25(2,3)33-5/h6-10,12,14,29-30H,11,13H2,1-5H3,(H,28,31)/t14-/m0/s1. The largest absolute Gasteiger partial charge is 0.493 e. The van der Waals surface area contributed by atoms with Crippen LogP contribution in [-0.4, -0.2) is 48.3 Å². The van der Waals surface area contributed by atoms with E-state index in [1.807, 2.05) is 39.0 Å². The predicted molar refractivity (Wildman–Crippen MR) is 133 cm³/mol. The third-order valence-corrected chi connectivity index (χ3v) is 6.10. The minimum atomic E-state index is -0.480. The topological polar surface area (TPSA) is 97.5 Å². The molecular weight excluding hydrogens is 456 g/mol. The molecule has 1 aliphatic heterocycles. The Hall–Kier alpha value is -3.23. The van der Waals surface area contributed by atoms with Gasteiger partial charge in [0.15, 0.2) is 5.75 Å². The molecule has 0 saturated carbocycles. The summed E-state index contributed by atoms with van der Waals surface area (Å²) in [5.74, 6) is 0.903. The molecule has 0 saturated heterocycles. The van der Waals surface area contributed by atoms with Crippen molar-refractivity contribution in [2.45, 2.75) is 38.8 Å². The van der Waals surface area contributed by atoms with Crippen molar-refractivity contribution < 1.29 is 19.0 Å². The highest BCUT2D eigenvalue weighted by Crippen LogP contribution is 2.43. The van der Waals surface area contributed by atoms with Crippen molar-refractivity contribution in [3.05, 3.63) is 52.9 Å². The van der Waals surface area contributed by atoms with Gasteiger partial charge in [-0.25, -0.2) is 0 Å².